The van der Waals surface area contributed by atoms with Crippen molar-refractivity contribution >= 4 is 45.1 Å². The summed E-state index contributed by atoms with van der Waals surface area (Å²) in [4.78, 5) is 32.1. The second-order valence-corrected chi connectivity index (χ2v) is 10.8. The Kier molecular flexibility index (Phi) is 7.63. The fraction of sp³-hybridized carbons (Fsp3) is 0.481. The lowest BCUT2D eigenvalue weighted by molar-refractivity contribution is -0.110. The van der Waals surface area contributed by atoms with E-state index in [1.165, 1.54) is 25.9 Å². The highest BCUT2D eigenvalue weighted by Gasteiger charge is 2.29. The smallest absolute Gasteiger partial charge is 0.256 e. The number of halogens is 1. The number of rotatable bonds is 8. The zero-order valence-electron chi connectivity index (χ0n) is 20.6. The molecule has 2 amide bonds. The number of likely N-dealkylation sites (tertiary alicyclic amines) is 1. The summed E-state index contributed by atoms with van der Waals surface area (Å²) < 4.78 is 0.918. The highest BCUT2D eigenvalue weighted by molar-refractivity contribution is 9.10. The maximum Gasteiger partial charge on any atom is 0.256 e. The third-order valence-corrected chi connectivity index (χ3v) is 7.16. The number of benzene rings is 1. The average Bonchev–Trinajstić information content (AvgIpc) is 3.49. The van der Waals surface area contributed by atoms with Crippen molar-refractivity contribution in [3.8, 4) is 0 Å². The lowest BCUT2D eigenvalue weighted by atomic mass is 9.93. The molecule has 1 aromatic carbocycles. The Hall–Kier alpha value is -2.38. The molecule has 7 heteroatoms. The van der Waals surface area contributed by atoms with Crippen LogP contribution in [0.4, 0.5) is 5.69 Å². The molecule has 1 aromatic heterocycles. The summed E-state index contributed by atoms with van der Waals surface area (Å²) in [6, 6.07) is 5.79. The molecule has 2 aliphatic rings. The van der Waals surface area contributed by atoms with Crippen LogP contribution < -0.4 is 10.6 Å². The molecule has 6 nitrogen and oxygen atoms in total. The van der Waals surface area contributed by atoms with Gasteiger partial charge in [0.15, 0.2) is 0 Å². The van der Waals surface area contributed by atoms with Crippen LogP contribution in [0.5, 0.6) is 0 Å². The molecule has 0 bridgehead atoms. The lowest BCUT2D eigenvalue weighted by Crippen LogP contribution is -2.29. The van der Waals surface area contributed by atoms with Gasteiger partial charge in [0.1, 0.15) is 0 Å². The quantitative estimate of drug-likeness (QED) is 0.303. The fourth-order valence-electron chi connectivity index (χ4n) is 5.00. The Morgan fingerprint density at radius 2 is 1.91 bits per heavy atom. The van der Waals surface area contributed by atoms with Crippen LogP contribution in [0.3, 0.4) is 0 Å². The van der Waals surface area contributed by atoms with Crippen molar-refractivity contribution in [1.82, 2.24) is 15.2 Å². The molecular weight excluding hydrogens is 492 g/mol. The summed E-state index contributed by atoms with van der Waals surface area (Å²) in [6.07, 6.45) is 5.42. The number of aromatic amines is 1. The van der Waals surface area contributed by atoms with Gasteiger partial charge in [0.25, 0.3) is 11.8 Å². The summed E-state index contributed by atoms with van der Waals surface area (Å²) >= 11 is 3.47. The number of hydrogen-bond acceptors (Lipinski definition) is 3. The van der Waals surface area contributed by atoms with Crippen molar-refractivity contribution < 1.29 is 9.59 Å². The second kappa shape index (κ2) is 10.5. The molecule has 0 saturated carbocycles. The fourth-order valence-corrected chi connectivity index (χ4v) is 5.36. The minimum absolute atomic E-state index is 0.0325. The number of fused-ring (bicyclic) bond motifs is 1. The molecule has 182 valence electrons. The van der Waals surface area contributed by atoms with Gasteiger partial charge in [-0.3, -0.25) is 9.59 Å². The SMILES string of the molecule is CC(C)c1[nH]c(C=C2C(=O)Nc3cc(Br)ccc32)c(C(C)C)c1C(=O)NCCCN1CCCC1. The molecule has 1 saturated heterocycles. The predicted octanol–water partition coefficient (Wildman–Crippen LogP) is 5.73. The Labute approximate surface area is 210 Å². The van der Waals surface area contributed by atoms with E-state index in [4.69, 9.17) is 0 Å². The number of aromatic nitrogens is 1. The minimum Gasteiger partial charge on any atom is -0.358 e. The minimum atomic E-state index is -0.128. The monoisotopic (exact) mass is 526 g/mol. The molecule has 0 atom stereocenters. The van der Waals surface area contributed by atoms with Crippen LogP contribution in [0.1, 0.15) is 91.7 Å². The summed E-state index contributed by atoms with van der Waals surface area (Å²) in [5.41, 5.74) is 5.72. The van der Waals surface area contributed by atoms with E-state index in [1.807, 2.05) is 24.3 Å². The van der Waals surface area contributed by atoms with Gasteiger partial charge in [-0.15, -0.1) is 0 Å². The molecule has 4 rings (SSSR count). The first-order valence-electron chi connectivity index (χ1n) is 12.4. The van der Waals surface area contributed by atoms with E-state index in [2.05, 4.69) is 64.1 Å². The van der Waals surface area contributed by atoms with Gasteiger partial charge in [0, 0.05) is 28.0 Å². The van der Waals surface area contributed by atoms with Gasteiger partial charge in [-0.25, -0.2) is 0 Å². The van der Waals surface area contributed by atoms with Crippen LogP contribution >= 0.6 is 15.9 Å². The van der Waals surface area contributed by atoms with E-state index in [-0.39, 0.29) is 23.7 Å². The molecule has 2 aromatic rings. The van der Waals surface area contributed by atoms with E-state index < -0.39 is 0 Å². The summed E-state index contributed by atoms with van der Waals surface area (Å²) in [5.74, 6) is 0.108. The maximum absolute atomic E-state index is 13.4. The summed E-state index contributed by atoms with van der Waals surface area (Å²) in [5, 5.41) is 6.11. The summed E-state index contributed by atoms with van der Waals surface area (Å²) in [6.45, 7) is 12.4. The first-order valence-corrected chi connectivity index (χ1v) is 13.1. The molecule has 3 heterocycles. The van der Waals surface area contributed by atoms with Crippen molar-refractivity contribution in [1.29, 1.82) is 0 Å². The molecular formula is C27H35BrN4O2. The second-order valence-electron chi connectivity index (χ2n) is 9.91. The lowest BCUT2D eigenvalue weighted by Gasteiger charge is -2.15. The Bertz CT molecular complexity index is 1110. The van der Waals surface area contributed by atoms with Gasteiger partial charge in [0.2, 0.25) is 0 Å². The van der Waals surface area contributed by atoms with Gasteiger partial charge in [-0.2, -0.15) is 0 Å². The first kappa shape index (κ1) is 24.7. The van der Waals surface area contributed by atoms with Crippen molar-refractivity contribution in [3.63, 3.8) is 0 Å². The number of hydrogen-bond donors (Lipinski definition) is 3. The normalized spacial score (nSPS) is 17.1. The zero-order chi connectivity index (χ0) is 24.4. The van der Waals surface area contributed by atoms with Crippen molar-refractivity contribution in [2.24, 2.45) is 0 Å². The Morgan fingerprint density at radius 1 is 1.18 bits per heavy atom. The molecule has 0 spiro atoms. The number of carbonyl (C=O) groups excluding carboxylic acids is 2. The Morgan fingerprint density at radius 3 is 2.59 bits per heavy atom. The summed E-state index contributed by atoms with van der Waals surface area (Å²) in [7, 11) is 0. The van der Waals surface area contributed by atoms with Crippen molar-refractivity contribution in [2.45, 2.75) is 58.8 Å². The topological polar surface area (TPSA) is 77.2 Å². The Balaban J connectivity index is 1.63. The van der Waals surface area contributed by atoms with E-state index in [0.29, 0.717) is 12.1 Å². The van der Waals surface area contributed by atoms with E-state index >= 15 is 0 Å². The first-order chi connectivity index (χ1) is 16.3. The van der Waals surface area contributed by atoms with E-state index in [9.17, 15) is 9.59 Å². The predicted molar refractivity (Wildman–Crippen MR) is 142 cm³/mol. The van der Waals surface area contributed by atoms with Crippen LogP contribution in [0.25, 0.3) is 11.6 Å². The molecule has 1 fully saturated rings. The van der Waals surface area contributed by atoms with Gasteiger partial charge >= 0.3 is 0 Å². The number of anilines is 1. The van der Waals surface area contributed by atoms with Gasteiger partial charge < -0.3 is 20.5 Å². The number of amides is 2. The van der Waals surface area contributed by atoms with Gasteiger partial charge in [-0.05, 0) is 74.5 Å². The number of nitrogens with zero attached hydrogens (tertiary/aromatic N) is 1. The molecule has 0 aliphatic carbocycles. The van der Waals surface area contributed by atoms with Crippen molar-refractivity contribution in [2.75, 3.05) is 31.5 Å². The largest absolute Gasteiger partial charge is 0.358 e. The van der Waals surface area contributed by atoms with Crippen LogP contribution in [0.2, 0.25) is 0 Å². The van der Waals surface area contributed by atoms with Crippen LogP contribution in [-0.2, 0) is 4.79 Å². The van der Waals surface area contributed by atoms with Crippen molar-refractivity contribution in [3.05, 3.63) is 50.8 Å². The highest BCUT2D eigenvalue weighted by atomic mass is 79.9. The molecule has 34 heavy (non-hydrogen) atoms. The van der Waals surface area contributed by atoms with Gasteiger partial charge in [-0.1, -0.05) is 49.7 Å². The van der Waals surface area contributed by atoms with E-state index in [1.54, 1.807) is 0 Å². The molecule has 0 unspecified atom stereocenters. The third-order valence-electron chi connectivity index (χ3n) is 6.67. The van der Waals surface area contributed by atoms with Crippen LogP contribution in [-0.4, -0.2) is 47.9 Å². The molecule has 2 aliphatic heterocycles. The standard InChI is InChI=1S/C27H35BrN4O2/c1-16(2)23-22(15-20-19-9-8-18(28)14-21(19)31-26(20)33)30-25(17(3)4)24(23)27(34)29-10-7-13-32-11-5-6-12-32/h8-9,14-17,30H,5-7,10-13H2,1-4H3,(H,29,34)(H,31,33). The molecule has 0 radical (unpaired) electrons. The van der Waals surface area contributed by atoms with Gasteiger partial charge in [0.05, 0.1) is 16.8 Å². The average molecular weight is 528 g/mol. The zero-order valence-corrected chi connectivity index (χ0v) is 22.1. The number of carbonyl (C=O) groups is 2. The maximum atomic E-state index is 13.4. The van der Waals surface area contributed by atoms with Crippen LogP contribution in [0.15, 0.2) is 22.7 Å². The van der Waals surface area contributed by atoms with Crippen LogP contribution in [0, 0.1) is 0 Å². The number of H-pyrrole nitrogens is 1. The molecule has 3 N–H and O–H groups in total. The van der Waals surface area contributed by atoms with E-state index in [0.717, 1.165) is 51.2 Å². The number of nitrogens with one attached hydrogen (secondary N) is 3. The third kappa shape index (κ3) is 5.15. The highest BCUT2D eigenvalue weighted by Crippen LogP contribution is 2.38.